The smallest absolute Gasteiger partial charge is 0.444 e. The second-order valence-electron chi connectivity index (χ2n) is 25.5. The van der Waals surface area contributed by atoms with Crippen LogP contribution in [-0.4, -0.2) is 94.1 Å². The van der Waals surface area contributed by atoms with Crippen molar-refractivity contribution in [2.75, 3.05) is 10.6 Å². The number of anilines is 2. The highest BCUT2D eigenvalue weighted by Crippen LogP contribution is 2.38. The molecule has 6 aromatic rings. The molecule has 0 saturated heterocycles. The Morgan fingerprint density at radius 1 is 0.578 bits per heavy atom. The van der Waals surface area contributed by atoms with Gasteiger partial charge in [-0.15, -0.1) is 0 Å². The number of nitrogens with one attached hydrogen (secondary N) is 3. The Balaban J connectivity index is 0.000000192. The Labute approximate surface area is 534 Å². The number of rotatable bonds is 14. The molecule has 0 radical (unpaired) electrons. The highest BCUT2D eigenvalue weighted by Gasteiger charge is 2.34. The van der Waals surface area contributed by atoms with Crippen molar-refractivity contribution in [1.29, 1.82) is 0 Å². The summed E-state index contributed by atoms with van der Waals surface area (Å²) in [6.07, 6.45) is 14.4. The van der Waals surface area contributed by atoms with E-state index in [0.29, 0.717) is 53.2 Å². The van der Waals surface area contributed by atoms with Gasteiger partial charge in [0.1, 0.15) is 16.8 Å². The molecule has 476 valence electrons. The lowest BCUT2D eigenvalue weighted by molar-refractivity contribution is -0.385. The molecule has 10 rings (SSSR count). The maximum atomic E-state index is 13.4. The van der Waals surface area contributed by atoms with Crippen LogP contribution in [0.15, 0.2) is 122 Å². The number of ether oxygens (including phenoxy) is 4. The Hall–Kier alpha value is -8.53. The Kier molecular flexibility index (Phi) is 22.4. The fourth-order valence-electron chi connectivity index (χ4n) is 10.9. The molecule has 4 aliphatic rings. The van der Waals surface area contributed by atoms with Crippen LogP contribution in [0.25, 0.3) is 11.1 Å². The van der Waals surface area contributed by atoms with Crippen molar-refractivity contribution in [2.45, 2.75) is 181 Å². The van der Waals surface area contributed by atoms with Crippen molar-refractivity contribution in [1.82, 2.24) is 30.2 Å². The van der Waals surface area contributed by atoms with Crippen LogP contribution in [0.5, 0.6) is 0 Å². The minimum absolute atomic E-state index is 0.0127. The molecule has 90 heavy (non-hydrogen) atoms. The molecule has 23 heteroatoms. The third-order valence-electron chi connectivity index (χ3n) is 14.9. The Morgan fingerprint density at radius 2 is 1.01 bits per heavy atom. The van der Waals surface area contributed by atoms with Crippen LogP contribution in [0.1, 0.15) is 158 Å². The van der Waals surface area contributed by atoms with Gasteiger partial charge < -0.3 is 39.8 Å². The summed E-state index contributed by atoms with van der Waals surface area (Å²) in [4.78, 5) is 76.8. The standard InChI is InChI=1S/C31H34ClN5O4.C26H26ClN5O2.C10H18O5/c1-31(2,3)41-30(38)36(19-20-11-14-23(15-12-20)37(39)40)24-9-6-8-22(17-24)34-29-33-18-27(32)28(35-29)26-16-13-21-7-4-5-10-25(21)26;27-24-16-29-26(31-25(24)23-13-10-18-4-1-2-7-22(18)23)30-20-6-3-5-19(14-20)28-15-17-8-11-21(12-9-17)32(33)34;1-9(2,3)14-7(11)13-8(12)15-10(4,5)6/h4-5,7,10-12,14-16,18,22,24H,6,8-9,13,17,19H2,1-3H3,(H,33,34,35);1-2,4,7-9,11-13,16,19-20,28H,3,5-6,10,14-15H2,(H,29,30,31);1-6H3/t22-,24+;19-,20+;/m10./s1. The third kappa shape index (κ3) is 19.7. The van der Waals surface area contributed by atoms with E-state index in [1.54, 1.807) is 83.1 Å². The molecule has 2 aromatic heterocycles. The van der Waals surface area contributed by atoms with Crippen LogP contribution in [0.3, 0.4) is 0 Å². The van der Waals surface area contributed by atoms with Gasteiger partial charge in [0, 0.05) is 72.7 Å². The predicted octanol–water partition coefficient (Wildman–Crippen LogP) is 15.6. The molecule has 2 fully saturated rings. The average molecular weight is 1270 g/mol. The normalized spacial score (nSPS) is 17.6. The largest absolute Gasteiger partial charge is 0.519 e. The Morgan fingerprint density at radius 3 is 1.48 bits per heavy atom. The number of carbonyl (C=O) groups excluding carboxylic acids is 3. The zero-order chi connectivity index (χ0) is 64.9. The topological polar surface area (TPSA) is 265 Å². The SMILES string of the molecule is CC(C)(C)OC(=O)N(Cc1ccc([N+](=O)[O-])cc1)[C@H]1CCC[C@@H](Nc2ncc(Cl)c(C3=CCc4ccccc43)n2)C1.CC(C)(C)OC(=O)OC(=O)OC(C)(C)C.O=[N+]([O-])c1ccc(CN[C@H]2CCC[C@@H](Nc3ncc(Cl)c(C4=CCc5ccccc54)n3)C2)cc1. The van der Waals surface area contributed by atoms with Crippen molar-refractivity contribution in [3.05, 3.63) is 197 Å². The molecule has 4 atom stereocenters. The third-order valence-corrected chi connectivity index (χ3v) is 15.5. The van der Waals surface area contributed by atoms with Crippen LogP contribution >= 0.6 is 23.2 Å². The first-order valence-electron chi connectivity index (χ1n) is 30.1. The number of benzene rings is 4. The van der Waals surface area contributed by atoms with Crippen LogP contribution in [0.2, 0.25) is 10.0 Å². The minimum Gasteiger partial charge on any atom is -0.444 e. The van der Waals surface area contributed by atoms with Gasteiger partial charge >= 0.3 is 18.4 Å². The summed E-state index contributed by atoms with van der Waals surface area (Å²) >= 11 is 13.0. The fourth-order valence-corrected chi connectivity index (χ4v) is 11.3. The number of carbonyl (C=O) groups is 3. The lowest BCUT2D eigenvalue weighted by Crippen LogP contribution is -2.46. The molecule has 2 heterocycles. The number of nitro groups is 2. The number of hydrogen-bond donors (Lipinski definition) is 3. The molecule has 1 amide bonds. The van der Waals surface area contributed by atoms with E-state index in [0.717, 1.165) is 91.3 Å². The van der Waals surface area contributed by atoms with Crippen molar-refractivity contribution in [3.63, 3.8) is 0 Å². The van der Waals surface area contributed by atoms with E-state index in [-0.39, 0.29) is 34.4 Å². The van der Waals surface area contributed by atoms with E-state index in [4.69, 9.17) is 47.4 Å². The summed E-state index contributed by atoms with van der Waals surface area (Å²) in [5, 5.41) is 33.6. The van der Waals surface area contributed by atoms with E-state index in [1.807, 2.05) is 51.1 Å². The maximum Gasteiger partial charge on any atom is 0.519 e. The van der Waals surface area contributed by atoms with Crippen molar-refractivity contribution in [3.8, 4) is 0 Å². The zero-order valence-electron chi connectivity index (χ0n) is 52.2. The summed E-state index contributed by atoms with van der Waals surface area (Å²) in [5.74, 6) is 1.10. The Bertz CT molecular complexity index is 3580. The minimum atomic E-state index is -1.06. The number of nitrogens with zero attached hydrogens (tertiary/aromatic N) is 7. The van der Waals surface area contributed by atoms with Crippen molar-refractivity contribution in [2.24, 2.45) is 0 Å². The summed E-state index contributed by atoms with van der Waals surface area (Å²) in [6, 6.07) is 30.2. The molecular weight excluding hydrogens is 1190 g/mol. The number of hydrogen-bond acceptors (Lipinski definition) is 18. The molecule has 0 spiro atoms. The second-order valence-corrected chi connectivity index (χ2v) is 26.3. The number of fused-ring (bicyclic) bond motifs is 2. The first-order valence-corrected chi connectivity index (χ1v) is 30.9. The van der Waals surface area contributed by atoms with Gasteiger partial charge in [0.25, 0.3) is 11.4 Å². The summed E-state index contributed by atoms with van der Waals surface area (Å²) in [6.45, 7) is 16.5. The summed E-state index contributed by atoms with van der Waals surface area (Å²) in [7, 11) is 0. The molecule has 4 aliphatic carbocycles. The number of nitro benzene ring substituents is 2. The maximum absolute atomic E-state index is 13.4. The van der Waals surface area contributed by atoms with Gasteiger partial charge in [0.15, 0.2) is 0 Å². The molecular formula is C67H78Cl2N10O11. The van der Waals surface area contributed by atoms with E-state index in [2.05, 4.69) is 73.1 Å². The quantitative estimate of drug-likeness (QED) is 0.0301. The fraction of sp³-hybridized carbons (Fsp3) is 0.418. The molecule has 21 nitrogen and oxygen atoms in total. The molecule has 3 N–H and O–H groups in total. The number of amides is 1. The van der Waals surface area contributed by atoms with Crippen molar-refractivity contribution >= 4 is 76.0 Å². The number of halogens is 2. The summed E-state index contributed by atoms with van der Waals surface area (Å²) in [5.41, 5.74) is 8.33. The van der Waals surface area contributed by atoms with Crippen LogP contribution < -0.4 is 16.0 Å². The predicted molar refractivity (Wildman–Crippen MR) is 346 cm³/mol. The first kappa shape index (κ1) is 67.4. The van der Waals surface area contributed by atoms with Gasteiger partial charge in [-0.05, 0) is 160 Å². The molecule has 0 aliphatic heterocycles. The lowest BCUT2D eigenvalue weighted by Gasteiger charge is -2.38. The van der Waals surface area contributed by atoms with Gasteiger partial charge in [0.2, 0.25) is 11.9 Å². The second kappa shape index (κ2) is 29.9. The van der Waals surface area contributed by atoms with Gasteiger partial charge in [-0.1, -0.05) is 108 Å². The molecule has 0 unspecified atom stereocenters. The lowest BCUT2D eigenvalue weighted by atomic mass is 9.90. The number of aromatic nitrogens is 4. The number of allylic oxidation sites excluding steroid dienone is 2. The van der Waals surface area contributed by atoms with Crippen molar-refractivity contribution < 1.29 is 43.2 Å². The van der Waals surface area contributed by atoms with Crippen LogP contribution in [0.4, 0.5) is 37.7 Å². The van der Waals surface area contributed by atoms with E-state index in [9.17, 15) is 34.6 Å². The summed E-state index contributed by atoms with van der Waals surface area (Å²) < 4.78 is 19.6. The highest BCUT2D eigenvalue weighted by atomic mass is 35.5. The van der Waals surface area contributed by atoms with E-state index in [1.165, 1.54) is 28.8 Å². The molecule has 2 saturated carbocycles. The highest BCUT2D eigenvalue weighted by molar-refractivity contribution is 6.32. The van der Waals surface area contributed by atoms with Gasteiger partial charge in [0.05, 0.1) is 43.7 Å². The average Bonchev–Trinajstić information content (AvgIpc) is 1.65. The number of non-ortho nitro benzene ring substituents is 2. The van der Waals surface area contributed by atoms with Gasteiger partial charge in [-0.2, -0.15) is 0 Å². The van der Waals surface area contributed by atoms with Crippen LogP contribution in [0, 0.1) is 20.2 Å². The monoisotopic (exact) mass is 1270 g/mol. The van der Waals surface area contributed by atoms with Gasteiger partial charge in [-0.25, -0.2) is 34.3 Å². The molecule has 0 bridgehead atoms. The van der Waals surface area contributed by atoms with Crippen LogP contribution in [-0.2, 0) is 44.9 Å². The van der Waals surface area contributed by atoms with E-state index < -0.39 is 40.1 Å². The first-order chi connectivity index (χ1) is 42.6. The van der Waals surface area contributed by atoms with Gasteiger partial charge in [-0.3, -0.25) is 20.2 Å². The zero-order valence-corrected chi connectivity index (χ0v) is 53.7. The molecule has 4 aromatic carbocycles. The van der Waals surface area contributed by atoms with E-state index >= 15 is 0 Å².